The standard InChI is InChI=1S/C21H12N4O4S/c22-11-13-1-3-14(4-2-13)18-7-6-17(29-18)12-23-24-21(26)20-10-15-9-16(25(27)28)5-8-19(15)30-20/h1-10,12H,(H,24,26). The zero-order valence-electron chi connectivity index (χ0n) is 15.2. The number of fused-ring (bicyclic) bond motifs is 1. The molecule has 0 aliphatic heterocycles. The van der Waals surface area contributed by atoms with Gasteiger partial charge in [0.25, 0.3) is 11.6 Å². The van der Waals surface area contributed by atoms with Gasteiger partial charge in [0.1, 0.15) is 11.5 Å². The van der Waals surface area contributed by atoms with Crippen LogP contribution in [0.15, 0.2) is 70.2 Å². The Kier molecular flexibility index (Phi) is 5.07. The quantitative estimate of drug-likeness (QED) is 0.287. The van der Waals surface area contributed by atoms with E-state index in [4.69, 9.17) is 9.68 Å². The number of carbonyl (C=O) groups is 1. The van der Waals surface area contributed by atoms with Gasteiger partial charge in [0.15, 0.2) is 0 Å². The van der Waals surface area contributed by atoms with E-state index in [0.717, 1.165) is 10.3 Å². The van der Waals surface area contributed by atoms with Crippen molar-refractivity contribution in [3.63, 3.8) is 0 Å². The Hall–Kier alpha value is -4.29. The van der Waals surface area contributed by atoms with Crippen molar-refractivity contribution >= 4 is 39.2 Å². The number of rotatable bonds is 5. The second-order valence-corrected chi connectivity index (χ2v) is 7.26. The van der Waals surface area contributed by atoms with Gasteiger partial charge >= 0.3 is 0 Å². The fourth-order valence-corrected chi connectivity index (χ4v) is 3.69. The van der Waals surface area contributed by atoms with Gasteiger partial charge < -0.3 is 4.42 Å². The highest BCUT2D eigenvalue weighted by Crippen LogP contribution is 2.29. The maximum absolute atomic E-state index is 12.3. The van der Waals surface area contributed by atoms with Crippen molar-refractivity contribution in [3.8, 4) is 17.4 Å². The van der Waals surface area contributed by atoms with Crippen LogP contribution in [0.1, 0.15) is 21.0 Å². The number of amides is 1. The third kappa shape index (κ3) is 3.94. The molecule has 1 amide bonds. The predicted molar refractivity (Wildman–Crippen MR) is 112 cm³/mol. The van der Waals surface area contributed by atoms with Crippen molar-refractivity contribution in [2.75, 3.05) is 0 Å². The van der Waals surface area contributed by atoms with Crippen LogP contribution < -0.4 is 5.43 Å². The fraction of sp³-hybridized carbons (Fsp3) is 0. The number of non-ortho nitro benzene ring substituents is 1. The lowest BCUT2D eigenvalue weighted by Crippen LogP contribution is -2.15. The number of nitrogens with one attached hydrogen (secondary N) is 1. The number of nitro groups is 1. The number of nitrogens with zero attached hydrogens (tertiary/aromatic N) is 3. The van der Waals surface area contributed by atoms with Crippen LogP contribution in [0.5, 0.6) is 0 Å². The van der Waals surface area contributed by atoms with Crippen LogP contribution in [0.4, 0.5) is 5.69 Å². The Morgan fingerprint density at radius 2 is 1.97 bits per heavy atom. The molecule has 8 nitrogen and oxygen atoms in total. The monoisotopic (exact) mass is 416 g/mol. The van der Waals surface area contributed by atoms with Crippen molar-refractivity contribution in [2.24, 2.45) is 5.10 Å². The second kappa shape index (κ2) is 7.98. The first-order chi connectivity index (χ1) is 14.5. The van der Waals surface area contributed by atoms with Gasteiger partial charge in [-0.1, -0.05) is 0 Å². The van der Waals surface area contributed by atoms with Gasteiger partial charge in [-0.25, -0.2) is 5.43 Å². The zero-order chi connectivity index (χ0) is 21.1. The fourth-order valence-electron chi connectivity index (χ4n) is 2.75. The SMILES string of the molecule is N#Cc1ccc(-c2ccc(C=NNC(=O)c3cc4cc([N+](=O)[O-])ccc4s3)o2)cc1. The molecule has 0 spiro atoms. The van der Waals surface area contributed by atoms with Crippen molar-refractivity contribution in [1.29, 1.82) is 5.26 Å². The Labute approximate surface area is 173 Å². The Bertz CT molecular complexity index is 1330. The molecule has 1 N–H and O–H groups in total. The first kappa shape index (κ1) is 19.0. The lowest BCUT2D eigenvalue weighted by Gasteiger charge is -1.96. The maximum Gasteiger partial charge on any atom is 0.281 e. The van der Waals surface area contributed by atoms with Crippen LogP contribution in [-0.4, -0.2) is 17.0 Å². The summed E-state index contributed by atoms with van der Waals surface area (Å²) in [5.74, 6) is 0.633. The van der Waals surface area contributed by atoms with Crippen LogP contribution in [0, 0.1) is 21.4 Å². The van der Waals surface area contributed by atoms with E-state index in [9.17, 15) is 14.9 Å². The summed E-state index contributed by atoms with van der Waals surface area (Å²) in [6.07, 6.45) is 1.38. The lowest BCUT2D eigenvalue weighted by atomic mass is 10.1. The molecule has 0 saturated carbocycles. The van der Waals surface area contributed by atoms with Crippen LogP contribution >= 0.6 is 11.3 Å². The van der Waals surface area contributed by atoms with E-state index in [0.29, 0.717) is 27.3 Å². The molecule has 30 heavy (non-hydrogen) atoms. The summed E-state index contributed by atoms with van der Waals surface area (Å²) in [6.45, 7) is 0. The summed E-state index contributed by atoms with van der Waals surface area (Å²) in [5, 5.41) is 24.3. The minimum atomic E-state index is -0.476. The number of hydrogen-bond acceptors (Lipinski definition) is 7. The highest BCUT2D eigenvalue weighted by Gasteiger charge is 2.13. The second-order valence-electron chi connectivity index (χ2n) is 6.18. The van der Waals surface area contributed by atoms with Crippen molar-refractivity contribution < 1.29 is 14.1 Å². The van der Waals surface area contributed by atoms with Crippen LogP contribution in [0.25, 0.3) is 21.4 Å². The highest BCUT2D eigenvalue weighted by molar-refractivity contribution is 7.20. The average molecular weight is 416 g/mol. The summed E-state index contributed by atoms with van der Waals surface area (Å²) in [4.78, 5) is 23.1. The van der Waals surface area contributed by atoms with Crippen LogP contribution in [0.3, 0.4) is 0 Å². The average Bonchev–Trinajstić information content (AvgIpc) is 3.40. The summed E-state index contributed by atoms with van der Waals surface area (Å²) in [6, 6.07) is 18.5. The molecule has 0 unspecified atom stereocenters. The molecule has 2 heterocycles. The number of furan rings is 1. The van der Waals surface area contributed by atoms with E-state index in [1.165, 1.54) is 29.7 Å². The Balaban J connectivity index is 1.43. The molecule has 4 rings (SSSR count). The predicted octanol–water partition coefficient (Wildman–Crippen LogP) is 4.71. The number of nitro benzene ring substituents is 1. The van der Waals surface area contributed by atoms with Gasteiger partial charge in [-0.05, 0) is 48.5 Å². The molecule has 0 aliphatic rings. The molecular formula is C21H12N4O4S. The van der Waals surface area contributed by atoms with Crippen molar-refractivity contribution in [3.05, 3.63) is 87.0 Å². The molecule has 0 radical (unpaired) electrons. The third-order valence-corrected chi connectivity index (χ3v) is 5.33. The minimum absolute atomic E-state index is 0.0267. The van der Waals surface area contributed by atoms with Crippen LogP contribution in [0.2, 0.25) is 0 Å². The Morgan fingerprint density at radius 3 is 2.70 bits per heavy atom. The number of hydrazone groups is 1. The van der Waals surface area contributed by atoms with Gasteiger partial charge in [-0.3, -0.25) is 14.9 Å². The molecular weight excluding hydrogens is 404 g/mol. The zero-order valence-corrected chi connectivity index (χ0v) is 16.1. The summed E-state index contributed by atoms with van der Waals surface area (Å²) in [5.41, 5.74) is 3.77. The van der Waals surface area contributed by atoms with E-state index in [-0.39, 0.29) is 5.69 Å². The summed E-state index contributed by atoms with van der Waals surface area (Å²) >= 11 is 1.22. The Morgan fingerprint density at radius 1 is 1.17 bits per heavy atom. The van der Waals surface area contributed by atoms with Gasteiger partial charge in [-0.2, -0.15) is 10.4 Å². The first-order valence-electron chi connectivity index (χ1n) is 8.65. The van der Waals surface area contributed by atoms with Gasteiger partial charge in [0.2, 0.25) is 0 Å². The number of carbonyl (C=O) groups excluding carboxylic acids is 1. The van der Waals surface area contributed by atoms with E-state index < -0.39 is 10.8 Å². The topological polar surface area (TPSA) is 122 Å². The normalized spacial score (nSPS) is 10.9. The molecule has 2 aromatic heterocycles. The third-order valence-electron chi connectivity index (χ3n) is 4.22. The number of hydrogen-bond donors (Lipinski definition) is 1. The van der Waals surface area contributed by atoms with E-state index in [1.54, 1.807) is 48.5 Å². The lowest BCUT2D eigenvalue weighted by molar-refractivity contribution is -0.384. The van der Waals surface area contributed by atoms with Crippen molar-refractivity contribution in [2.45, 2.75) is 0 Å². The maximum atomic E-state index is 12.3. The summed E-state index contributed by atoms with van der Waals surface area (Å²) < 4.78 is 6.44. The van der Waals surface area contributed by atoms with Gasteiger partial charge in [0.05, 0.1) is 27.6 Å². The molecule has 4 aromatic rings. The van der Waals surface area contributed by atoms with Gasteiger partial charge in [0, 0.05) is 27.8 Å². The largest absolute Gasteiger partial charge is 0.455 e. The highest BCUT2D eigenvalue weighted by atomic mass is 32.1. The van der Waals surface area contributed by atoms with E-state index in [1.807, 2.05) is 0 Å². The van der Waals surface area contributed by atoms with E-state index >= 15 is 0 Å². The number of nitriles is 1. The smallest absolute Gasteiger partial charge is 0.281 e. The molecule has 0 aliphatic carbocycles. The molecule has 9 heteroatoms. The molecule has 0 atom stereocenters. The van der Waals surface area contributed by atoms with Crippen LogP contribution in [-0.2, 0) is 0 Å². The number of thiophene rings is 1. The molecule has 146 valence electrons. The molecule has 0 saturated heterocycles. The number of benzene rings is 2. The molecule has 2 aromatic carbocycles. The van der Waals surface area contributed by atoms with E-state index in [2.05, 4.69) is 16.6 Å². The minimum Gasteiger partial charge on any atom is -0.455 e. The first-order valence-corrected chi connectivity index (χ1v) is 9.47. The summed E-state index contributed by atoms with van der Waals surface area (Å²) in [7, 11) is 0. The molecule has 0 bridgehead atoms. The van der Waals surface area contributed by atoms with Crippen molar-refractivity contribution in [1.82, 2.24) is 5.43 Å². The molecule has 0 fully saturated rings. The van der Waals surface area contributed by atoms with Gasteiger partial charge in [-0.15, -0.1) is 11.3 Å².